The molecule has 3 rings (SSSR count). The minimum absolute atomic E-state index is 0.107. The third-order valence-corrected chi connectivity index (χ3v) is 4.35. The zero-order valence-electron chi connectivity index (χ0n) is 14.0. The summed E-state index contributed by atoms with van der Waals surface area (Å²) in [6.45, 7) is 4.22. The fourth-order valence-electron chi connectivity index (χ4n) is 3.00. The molecule has 24 heavy (non-hydrogen) atoms. The predicted molar refractivity (Wildman–Crippen MR) is 97.1 cm³/mol. The highest BCUT2D eigenvalue weighted by molar-refractivity contribution is 5.80. The van der Waals surface area contributed by atoms with E-state index in [0.29, 0.717) is 5.82 Å². The van der Waals surface area contributed by atoms with Crippen molar-refractivity contribution in [3.8, 4) is 0 Å². The molecule has 0 bridgehead atoms. The van der Waals surface area contributed by atoms with Crippen molar-refractivity contribution in [3.05, 3.63) is 71.5 Å². The number of hydrogen-bond acceptors (Lipinski definition) is 3. The molecule has 1 aromatic heterocycles. The molecule has 0 aliphatic carbocycles. The molecule has 0 saturated carbocycles. The normalized spacial score (nSPS) is 13.8. The molecule has 4 heteroatoms. The Labute approximate surface area is 141 Å². The predicted octanol–water partition coefficient (Wildman–Crippen LogP) is 4.76. The fraction of sp³-hybridized carbons (Fsp3) is 0.250. The number of nitrogens with two attached hydrogens (primary N) is 1. The van der Waals surface area contributed by atoms with Crippen LogP contribution in [-0.4, -0.2) is 4.98 Å². The smallest absolute Gasteiger partial charge is 0.124 e. The largest absolute Gasteiger partial charge is 0.384 e. The van der Waals surface area contributed by atoms with E-state index in [-0.39, 0.29) is 17.9 Å². The van der Waals surface area contributed by atoms with Crippen LogP contribution in [0, 0.1) is 5.82 Å². The number of hydrogen-bond donors (Lipinski definition) is 2. The second-order valence-corrected chi connectivity index (χ2v) is 6.09. The average molecular weight is 323 g/mol. The standard InChI is InChI=1S/C20H22FN3/c1-3-18(15-5-4-6-17(21)12-15)23-13(2)14-7-9-19-16(11-14)8-10-20(22)24-19/h4-13,18,23H,3H2,1-2H3,(H2,22,24). The Hall–Kier alpha value is -2.46. The molecule has 0 aliphatic rings. The summed E-state index contributed by atoms with van der Waals surface area (Å²) in [5, 5.41) is 4.65. The first-order valence-corrected chi connectivity index (χ1v) is 8.24. The highest BCUT2D eigenvalue weighted by Crippen LogP contribution is 2.25. The van der Waals surface area contributed by atoms with Gasteiger partial charge in [-0.25, -0.2) is 9.37 Å². The van der Waals surface area contributed by atoms with E-state index in [4.69, 9.17) is 5.73 Å². The first-order valence-electron chi connectivity index (χ1n) is 8.24. The van der Waals surface area contributed by atoms with E-state index < -0.39 is 0 Å². The maximum Gasteiger partial charge on any atom is 0.124 e. The maximum atomic E-state index is 13.5. The lowest BCUT2D eigenvalue weighted by atomic mass is 10.0. The van der Waals surface area contributed by atoms with Gasteiger partial charge in [0.1, 0.15) is 11.6 Å². The van der Waals surface area contributed by atoms with Gasteiger partial charge in [0.25, 0.3) is 0 Å². The van der Waals surface area contributed by atoms with E-state index in [2.05, 4.69) is 36.3 Å². The Balaban J connectivity index is 1.82. The highest BCUT2D eigenvalue weighted by Gasteiger charge is 2.14. The van der Waals surface area contributed by atoms with Crippen LogP contribution < -0.4 is 11.1 Å². The van der Waals surface area contributed by atoms with Crippen molar-refractivity contribution in [2.75, 3.05) is 5.73 Å². The molecule has 2 unspecified atom stereocenters. The molecule has 0 amide bonds. The first kappa shape index (κ1) is 16.4. The molecule has 0 aliphatic heterocycles. The van der Waals surface area contributed by atoms with Crippen LogP contribution in [0.5, 0.6) is 0 Å². The maximum absolute atomic E-state index is 13.5. The summed E-state index contributed by atoms with van der Waals surface area (Å²) in [5.74, 6) is 0.327. The summed E-state index contributed by atoms with van der Waals surface area (Å²) in [6.07, 6.45) is 0.888. The minimum atomic E-state index is -0.199. The second-order valence-electron chi connectivity index (χ2n) is 6.09. The first-order chi connectivity index (χ1) is 11.6. The van der Waals surface area contributed by atoms with Crippen LogP contribution in [0.2, 0.25) is 0 Å². The molecule has 1 heterocycles. The summed E-state index contributed by atoms with van der Waals surface area (Å²) in [6, 6.07) is 17.0. The van der Waals surface area contributed by atoms with Crippen LogP contribution in [0.15, 0.2) is 54.6 Å². The van der Waals surface area contributed by atoms with Crippen molar-refractivity contribution in [1.82, 2.24) is 10.3 Å². The van der Waals surface area contributed by atoms with E-state index in [1.54, 1.807) is 12.1 Å². The van der Waals surface area contributed by atoms with Gasteiger partial charge in [-0.15, -0.1) is 0 Å². The number of halogens is 1. The van der Waals surface area contributed by atoms with E-state index in [0.717, 1.165) is 22.9 Å². The lowest BCUT2D eigenvalue weighted by molar-refractivity contribution is 0.454. The van der Waals surface area contributed by atoms with Crippen LogP contribution in [0.1, 0.15) is 43.5 Å². The van der Waals surface area contributed by atoms with Gasteiger partial charge in [0.05, 0.1) is 5.52 Å². The molecule has 3 nitrogen and oxygen atoms in total. The Morgan fingerprint density at radius 2 is 1.92 bits per heavy atom. The van der Waals surface area contributed by atoms with Crippen LogP contribution in [-0.2, 0) is 0 Å². The molecule has 2 aromatic carbocycles. The Kier molecular flexibility index (Phi) is 4.76. The molecule has 0 radical (unpaired) electrons. The molecular weight excluding hydrogens is 301 g/mol. The summed E-state index contributed by atoms with van der Waals surface area (Å²) in [4.78, 5) is 4.33. The zero-order chi connectivity index (χ0) is 17.1. The number of nitrogen functional groups attached to an aromatic ring is 1. The summed E-state index contributed by atoms with van der Waals surface area (Å²) < 4.78 is 13.5. The molecule has 2 atom stereocenters. The van der Waals surface area contributed by atoms with Gasteiger partial charge in [0, 0.05) is 17.5 Å². The van der Waals surface area contributed by atoms with Gasteiger partial charge in [-0.3, -0.25) is 0 Å². The molecule has 3 N–H and O–H groups in total. The summed E-state index contributed by atoms with van der Waals surface area (Å²) in [5.41, 5.74) is 8.76. The molecule has 124 valence electrons. The highest BCUT2D eigenvalue weighted by atomic mass is 19.1. The molecule has 3 aromatic rings. The van der Waals surface area contributed by atoms with Crippen molar-refractivity contribution in [2.24, 2.45) is 0 Å². The molecule has 0 spiro atoms. The zero-order valence-corrected chi connectivity index (χ0v) is 14.0. The quantitative estimate of drug-likeness (QED) is 0.712. The summed E-state index contributed by atoms with van der Waals surface area (Å²) >= 11 is 0. The third kappa shape index (κ3) is 3.54. The number of benzene rings is 2. The molecule has 0 saturated heterocycles. The van der Waals surface area contributed by atoms with Gasteiger partial charge in [0.2, 0.25) is 0 Å². The molecule has 0 fully saturated rings. The number of rotatable bonds is 5. The van der Waals surface area contributed by atoms with E-state index in [1.165, 1.54) is 11.6 Å². The SMILES string of the molecule is CCC(NC(C)c1ccc2nc(N)ccc2c1)c1cccc(F)c1. The lowest BCUT2D eigenvalue weighted by Gasteiger charge is -2.23. The van der Waals surface area contributed by atoms with Crippen LogP contribution in [0.3, 0.4) is 0 Å². The number of nitrogens with one attached hydrogen (secondary N) is 1. The van der Waals surface area contributed by atoms with Gasteiger partial charge in [-0.1, -0.05) is 25.1 Å². The van der Waals surface area contributed by atoms with E-state index in [9.17, 15) is 4.39 Å². The number of aromatic nitrogens is 1. The van der Waals surface area contributed by atoms with Gasteiger partial charge in [0.15, 0.2) is 0 Å². The lowest BCUT2D eigenvalue weighted by Crippen LogP contribution is -2.24. The Bertz CT molecular complexity index is 847. The number of anilines is 1. The van der Waals surface area contributed by atoms with Crippen molar-refractivity contribution in [2.45, 2.75) is 32.4 Å². The van der Waals surface area contributed by atoms with E-state index in [1.807, 2.05) is 24.3 Å². The number of fused-ring (bicyclic) bond motifs is 1. The number of pyridine rings is 1. The van der Waals surface area contributed by atoms with Crippen LogP contribution >= 0.6 is 0 Å². The fourth-order valence-corrected chi connectivity index (χ4v) is 3.00. The monoisotopic (exact) mass is 323 g/mol. The van der Waals surface area contributed by atoms with Crippen molar-refractivity contribution < 1.29 is 4.39 Å². The third-order valence-electron chi connectivity index (χ3n) is 4.35. The van der Waals surface area contributed by atoms with Crippen LogP contribution in [0.4, 0.5) is 10.2 Å². The topological polar surface area (TPSA) is 50.9 Å². The van der Waals surface area contributed by atoms with Gasteiger partial charge >= 0.3 is 0 Å². The molecular formula is C20H22FN3. The van der Waals surface area contributed by atoms with Gasteiger partial charge in [-0.05, 0) is 60.9 Å². The van der Waals surface area contributed by atoms with Crippen LogP contribution in [0.25, 0.3) is 10.9 Å². The van der Waals surface area contributed by atoms with Crippen molar-refractivity contribution in [1.29, 1.82) is 0 Å². The van der Waals surface area contributed by atoms with Crippen molar-refractivity contribution >= 4 is 16.7 Å². The minimum Gasteiger partial charge on any atom is -0.384 e. The van der Waals surface area contributed by atoms with E-state index >= 15 is 0 Å². The summed E-state index contributed by atoms with van der Waals surface area (Å²) in [7, 11) is 0. The van der Waals surface area contributed by atoms with Gasteiger partial charge < -0.3 is 11.1 Å². The number of nitrogens with zero attached hydrogens (tertiary/aromatic N) is 1. The van der Waals surface area contributed by atoms with Crippen molar-refractivity contribution in [3.63, 3.8) is 0 Å². The Morgan fingerprint density at radius 3 is 2.67 bits per heavy atom. The van der Waals surface area contributed by atoms with Gasteiger partial charge in [-0.2, -0.15) is 0 Å². The Morgan fingerprint density at radius 1 is 1.08 bits per heavy atom. The second kappa shape index (κ2) is 6.97. The average Bonchev–Trinajstić information content (AvgIpc) is 2.59.